The molecule has 7 N–H and O–H groups in total. The normalized spacial score (nSPS) is 16.8. The number of aliphatic hydroxyl groups excluding tert-OH is 1. The van der Waals surface area contributed by atoms with E-state index in [9.17, 15) is 24.3 Å². The summed E-state index contributed by atoms with van der Waals surface area (Å²) in [6.45, 7) is 6.15. The third-order valence-corrected chi connectivity index (χ3v) is 4.00. The van der Waals surface area contributed by atoms with Crippen LogP contribution in [0.5, 0.6) is 0 Å². The summed E-state index contributed by atoms with van der Waals surface area (Å²) in [7, 11) is 0. The second-order valence-electron chi connectivity index (χ2n) is 6.31. The highest BCUT2D eigenvalue weighted by molar-refractivity contribution is 7.80. The number of nitrogens with one attached hydrogen (secondary N) is 3. The standard InChI is InChI=1S/C15H28N4O6S/c1-6(2)10(16)14(23)17-7(3)12(21)18-9(5-26)13(22)19-11(8(4)20)15(24)25/h6-11,20,26H,5,16H2,1-4H3,(H,17,23)(H,18,21)(H,19,22)(H,24,25). The highest BCUT2D eigenvalue weighted by atomic mass is 32.1. The van der Waals surface area contributed by atoms with Crippen LogP contribution in [-0.4, -0.2) is 69.9 Å². The summed E-state index contributed by atoms with van der Waals surface area (Å²) in [6.07, 6.45) is -1.33. The van der Waals surface area contributed by atoms with E-state index in [0.29, 0.717) is 0 Å². The minimum absolute atomic E-state index is 0.115. The first-order chi connectivity index (χ1) is 11.9. The molecule has 150 valence electrons. The zero-order chi connectivity index (χ0) is 20.6. The third-order valence-electron chi connectivity index (χ3n) is 3.63. The molecule has 0 saturated heterocycles. The molecule has 0 aliphatic heterocycles. The summed E-state index contributed by atoms with van der Waals surface area (Å²) < 4.78 is 0. The lowest BCUT2D eigenvalue weighted by molar-refractivity contribution is -0.145. The van der Waals surface area contributed by atoms with Gasteiger partial charge in [-0.2, -0.15) is 12.6 Å². The summed E-state index contributed by atoms with van der Waals surface area (Å²) in [5.41, 5.74) is 5.70. The molecule has 0 saturated carbocycles. The van der Waals surface area contributed by atoms with Crippen LogP contribution in [0.2, 0.25) is 0 Å². The van der Waals surface area contributed by atoms with Crippen molar-refractivity contribution in [2.24, 2.45) is 11.7 Å². The number of amides is 3. The molecule has 5 atom stereocenters. The number of carboxylic acid groups (broad SMARTS) is 1. The number of aliphatic hydroxyl groups is 1. The van der Waals surface area contributed by atoms with Gasteiger partial charge in [0.25, 0.3) is 0 Å². The molecule has 0 aromatic carbocycles. The van der Waals surface area contributed by atoms with E-state index in [-0.39, 0.29) is 11.7 Å². The minimum Gasteiger partial charge on any atom is -0.480 e. The molecule has 0 bridgehead atoms. The van der Waals surface area contributed by atoms with Crippen LogP contribution >= 0.6 is 12.6 Å². The molecule has 0 rings (SSSR count). The first kappa shape index (κ1) is 24.1. The second kappa shape index (κ2) is 11.0. The van der Waals surface area contributed by atoms with Gasteiger partial charge in [-0.15, -0.1) is 0 Å². The molecule has 26 heavy (non-hydrogen) atoms. The van der Waals surface area contributed by atoms with Gasteiger partial charge in [0.15, 0.2) is 6.04 Å². The number of rotatable bonds is 10. The highest BCUT2D eigenvalue weighted by Crippen LogP contribution is 2.00. The number of hydrogen-bond acceptors (Lipinski definition) is 7. The van der Waals surface area contributed by atoms with Crippen molar-refractivity contribution in [1.82, 2.24) is 16.0 Å². The van der Waals surface area contributed by atoms with Crippen molar-refractivity contribution >= 4 is 36.3 Å². The summed E-state index contributed by atoms with van der Waals surface area (Å²) in [4.78, 5) is 47.2. The average molecular weight is 392 g/mol. The van der Waals surface area contributed by atoms with E-state index in [0.717, 1.165) is 0 Å². The fourth-order valence-corrected chi connectivity index (χ4v) is 2.07. The summed E-state index contributed by atoms with van der Waals surface area (Å²) >= 11 is 3.96. The van der Waals surface area contributed by atoms with Crippen LogP contribution in [0.3, 0.4) is 0 Å². The maximum Gasteiger partial charge on any atom is 0.328 e. The highest BCUT2D eigenvalue weighted by Gasteiger charge is 2.30. The predicted octanol–water partition coefficient (Wildman–Crippen LogP) is -2.16. The van der Waals surface area contributed by atoms with E-state index < -0.39 is 54.0 Å². The van der Waals surface area contributed by atoms with Crippen molar-refractivity contribution in [3.05, 3.63) is 0 Å². The fourth-order valence-electron chi connectivity index (χ4n) is 1.81. The second-order valence-corrected chi connectivity index (χ2v) is 6.67. The van der Waals surface area contributed by atoms with Crippen LogP contribution < -0.4 is 21.7 Å². The zero-order valence-electron chi connectivity index (χ0n) is 15.2. The molecule has 0 spiro atoms. The van der Waals surface area contributed by atoms with Crippen LogP contribution in [0.15, 0.2) is 0 Å². The minimum atomic E-state index is -1.53. The van der Waals surface area contributed by atoms with Crippen LogP contribution in [0, 0.1) is 5.92 Å². The van der Waals surface area contributed by atoms with Crippen molar-refractivity contribution in [3.8, 4) is 0 Å². The van der Waals surface area contributed by atoms with Crippen LogP contribution in [0.1, 0.15) is 27.7 Å². The molecule has 0 radical (unpaired) electrons. The van der Waals surface area contributed by atoms with E-state index in [1.165, 1.54) is 13.8 Å². The van der Waals surface area contributed by atoms with Crippen LogP contribution in [0.25, 0.3) is 0 Å². The molecular weight excluding hydrogens is 364 g/mol. The van der Waals surface area contributed by atoms with Gasteiger partial charge in [-0.25, -0.2) is 4.79 Å². The van der Waals surface area contributed by atoms with Crippen LogP contribution in [-0.2, 0) is 19.2 Å². The summed E-state index contributed by atoms with van der Waals surface area (Å²) in [6, 6.07) is -4.42. The van der Waals surface area contributed by atoms with Crippen molar-refractivity contribution in [3.63, 3.8) is 0 Å². The SMILES string of the molecule is CC(NC(=O)C(N)C(C)C)C(=O)NC(CS)C(=O)NC(C(=O)O)C(C)O. The van der Waals surface area contributed by atoms with E-state index in [1.54, 1.807) is 13.8 Å². The van der Waals surface area contributed by atoms with Gasteiger partial charge < -0.3 is 31.9 Å². The van der Waals surface area contributed by atoms with Crippen molar-refractivity contribution in [2.45, 2.75) is 58.0 Å². The van der Waals surface area contributed by atoms with Crippen molar-refractivity contribution < 1.29 is 29.4 Å². The van der Waals surface area contributed by atoms with Gasteiger partial charge in [0.05, 0.1) is 12.1 Å². The molecule has 0 aromatic rings. The summed E-state index contributed by atoms with van der Waals surface area (Å²) in [5.74, 6) is -3.63. The molecular formula is C15H28N4O6S. The average Bonchev–Trinajstić information content (AvgIpc) is 2.55. The Morgan fingerprint density at radius 3 is 1.88 bits per heavy atom. The predicted molar refractivity (Wildman–Crippen MR) is 97.4 cm³/mol. The van der Waals surface area contributed by atoms with Gasteiger partial charge >= 0.3 is 5.97 Å². The molecule has 0 aromatic heterocycles. The van der Waals surface area contributed by atoms with Gasteiger partial charge in [-0.1, -0.05) is 13.8 Å². The lowest BCUT2D eigenvalue weighted by atomic mass is 10.0. The number of aliphatic carboxylic acids is 1. The molecule has 5 unspecified atom stereocenters. The Bertz CT molecular complexity index is 528. The number of hydrogen-bond donors (Lipinski definition) is 7. The lowest BCUT2D eigenvalue weighted by Gasteiger charge is -2.24. The zero-order valence-corrected chi connectivity index (χ0v) is 16.1. The van der Waals surface area contributed by atoms with E-state index in [2.05, 4.69) is 28.6 Å². The Hall–Kier alpha value is -1.85. The molecule has 0 aliphatic carbocycles. The number of nitrogens with two attached hydrogens (primary N) is 1. The Kier molecular flexibility index (Phi) is 10.2. The maximum atomic E-state index is 12.2. The third kappa shape index (κ3) is 7.58. The Balaban J connectivity index is 4.83. The van der Waals surface area contributed by atoms with Gasteiger partial charge in [-0.05, 0) is 19.8 Å². The van der Waals surface area contributed by atoms with E-state index in [4.69, 9.17) is 10.8 Å². The fraction of sp³-hybridized carbons (Fsp3) is 0.733. The van der Waals surface area contributed by atoms with E-state index >= 15 is 0 Å². The largest absolute Gasteiger partial charge is 0.480 e. The lowest BCUT2D eigenvalue weighted by Crippen LogP contribution is -2.58. The molecule has 3 amide bonds. The Labute approximate surface area is 157 Å². The van der Waals surface area contributed by atoms with Gasteiger partial charge in [0, 0.05) is 5.75 Å². The van der Waals surface area contributed by atoms with Gasteiger partial charge in [0.1, 0.15) is 12.1 Å². The first-order valence-electron chi connectivity index (χ1n) is 8.10. The smallest absolute Gasteiger partial charge is 0.328 e. The van der Waals surface area contributed by atoms with Crippen molar-refractivity contribution in [1.29, 1.82) is 0 Å². The molecule has 0 fully saturated rings. The number of thiol groups is 1. The topological polar surface area (TPSA) is 171 Å². The molecule has 0 aliphatic rings. The Morgan fingerprint density at radius 2 is 1.50 bits per heavy atom. The number of carbonyl (C=O) groups is 4. The molecule has 11 heteroatoms. The quantitative estimate of drug-likeness (QED) is 0.207. The molecule has 0 heterocycles. The van der Waals surface area contributed by atoms with Crippen molar-refractivity contribution in [2.75, 3.05) is 5.75 Å². The summed E-state index contributed by atoms with van der Waals surface area (Å²) in [5, 5.41) is 25.3. The first-order valence-corrected chi connectivity index (χ1v) is 8.74. The molecule has 10 nitrogen and oxygen atoms in total. The van der Waals surface area contributed by atoms with E-state index in [1.807, 2.05) is 0 Å². The monoisotopic (exact) mass is 392 g/mol. The number of carboxylic acids is 1. The number of carbonyl (C=O) groups excluding carboxylic acids is 3. The van der Waals surface area contributed by atoms with Crippen LogP contribution in [0.4, 0.5) is 0 Å². The maximum absolute atomic E-state index is 12.2. The van der Waals surface area contributed by atoms with Gasteiger partial charge in [0.2, 0.25) is 17.7 Å². The Morgan fingerprint density at radius 1 is 0.962 bits per heavy atom. The van der Waals surface area contributed by atoms with Gasteiger partial charge in [-0.3, -0.25) is 14.4 Å².